The molecule has 0 N–H and O–H groups in total. The summed E-state index contributed by atoms with van der Waals surface area (Å²) in [5, 5.41) is 0. The first-order valence-electron chi connectivity index (χ1n) is 8.13. The molecule has 4 heteroatoms. The van der Waals surface area contributed by atoms with E-state index in [2.05, 4.69) is 13.8 Å². The summed E-state index contributed by atoms with van der Waals surface area (Å²) in [5.41, 5.74) is 0. The number of likely N-dealkylation sites (tertiary alicyclic amines) is 1. The Bertz CT molecular complexity index is 487. The smallest absolute Gasteiger partial charge is 0.222 e. The number of amides is 1. The average molecular weight is 305 g/mol. The van der Waals surface area contributed by atoms with Crippen LogP contribution in [0.25, 0.3) is 0 Å². The van der Waals surface area contributed by atoms with Crippen LogP contribution in [0, 0.1) is 11.8 Å². The molecule has 0 spiro atoms. The normalized spacial score (nSPS) is 17.8. The molecule has 1 saturated heterocycles. The highest BCUT2D eigenvalue weighted by Crippen LogP contribution is 2.27. The number of hydrogen-bond donors (Lipinski definition) is 0. The van der Waals surface area contributed by atoms with Crippen LogP contribution in [0.4, 0.5) is 0 Å². The summed E-state index contributed by atoms with van der Waals surface area (Å²) >= 11 is 0. The maximum Gasteiger partial charge on any atom is 0.222 e. The number of benzene rings is 1. The highest BCUT2D eigenvalue weighted by atomic mass is 16.5. The lowest BCUT2D eigenvalue weighted by molar-refractivity contribution is -0.131. The maximum atomic E-state index is 12.1. The SMILES string of the molecule is COc1ccccc1OCCC1CCN(C(=O)CC(C)C)C1. The number of methoxy groups -OCH3 is 1. The topological polar surface area (TPSA) is 38.8 Å². The fourth-order valence-electron chi connectivity index (χ4n) is 2.85. The fourth-order valence-corrected chi connectivity index (χ4v) is 2.85. The molecular weight excluding hydrogens is 278 g/mol. The molecule has 122 valence electrons. The molecule has 2 rings (SSSR count). The summed E-state index contributed by atoms with van der Waals surface area (Å²) in [5.74, 6) is 2.83. The molecule has 1 heterocycles. The molecule has 0 aromatic heterocycles. The van der Waals surface area contributed by atoms with Crippen molar-refractivity contribution in [2.24, 2.45) is 11.8 Å². The molecule has 1 aromatic rings. The first-order valence-corrected chi connectivity index (χ1v) is 8.13. The molecule has 1 fully saturated rings. The molecule has 0 saturated carbocycles. The van der Waals surface area contributed by atoms with Crippen molar-refractivity contribution in [1.82, 2.24) is 4.90 Å². The first kappa shape index (κ1) is 16.7. The lowest BCUT2D eigenvalue weighted by Crippen LogP contribution is -2.29. The summed E-state index contributed by atoms with van der Waals surface area (Å²) in [7, 11) is 1.65. The minimum atomic E-state index is 0.295. The Kier molecular flexibility index (Phi) is 6.10. The first-order chi connectivity index (χ1) is 10.6. The second kappa shape index (κ2) is 8.06. The van der Waals surface area contributed by atoms with Crippen LogP contribution in [0.3, 0.4) is 0 Å². The number of rotatable bonds is 7. The van der Waals surface area contributed by atoms with Crippen LogP contribution in [-0.2, 0) is 4.79 Å². The van der Waals surface area contributed by atoms with Gasteiger partial charge in [0.15, 0.2) is 11.5 Å². The van der Waals surface area contributed by atoms with E-state index in [1.807, 2.05) is 29.2 Å². The van der Waals surface area contributed by atoms with Crippen LogP contribution < -0.4 is 9.47 Å². The molecule has 4 nitrogen and oxygen atoms in total. The molecule has 0 bridgehead atoms. The predicted molar refractivity (Wildman–Crippen MR) is 87.2 cm³/mol. The van der Waals surface area contributed by atoms with Crippen molar-refractivity contribution in [3.05, 3.63) is 24.3 Å². The van der Waals surface area contributed by atoms with Gasteiger partial charge in [0.1, 0.15) is 0 Å². The quantitative estimate of drug-likeness (QED) is 0.775. The van der Waals surface area contributed by atoms with Crippen LogP contribution in [0.1, 0.15) is 33.1 Å². The van der Waals surface area contributed by atoms with E-state index in [0.29, 0.717) is 30.8 Å². The van der Waals surface area contributed by atoms with Gasteiger partial charge in [-0.3, -0.25) is 4.79 Å². The van der Waals surface area contributed by atoms with E-state index in [1.165, 1.54) is 0 Å². The summed E-state index contributed by atoms with van der Waals surface area (Å²) in [6, 6.07) is 7.70. The van der Waals surface area contributed by atoms with Crippen molar-refractivity contribution < 1.29 is 14.3 Å². The van der Waals surface area contributed by atoms with Crippen molar-refractivity contribution in [2.45, 2.75) is 33.1 Å². The number of hydrogen-bond acceptors (Lipinski definition) is 3. The van der Waals surface area contributed by atoms with E-state index in [0.717, 1.165) is 37.4 Å². The lowest BCUT2D eigenvalue weighted by atomic mass is 10.1. The van der Waals surface area contributed by atoms with Gasteiger partial charge in [-0.15, -0.1) is 0 Å². The zero-order valence-corrected chi connectivity index (χ0v) is 13.9. The molecule has 1 amide bonds. The Balaban J connectivity index is 1.73. The fraction of sp³-hybridized carbons (Fsp3) is 0.611. The minimum Gasteiger partial charge on any atom is -0.493 e. The van der Waals surface area contributed by atoms with Gasteiger partial charge in [0.05, 0.1) is 13.7 Å². The zero-order valence-electron chi connectivity index (χ0n) is 13.9. The van der Waals surface area contributed by atoms with E-state index in [-0.39, 0.29) is 0 Å². The lowest BCUT2D eigenvalue weighted by Gasteiger charge is -2.18. The molecule has 0 radical (unpaired) electrons. The summed E-state index contributed by atoms with van der Waals surface area (Å²) in [6.07, 6.45) is 2.72. The average Bonchev–Trinajstić information content (AvgIpc) is 2.96. The maximum absolute atomic E-state index is 12.1. The number of ether oxygens (including phenoxy) is 2. The van der Waals surface area contributed by atoms with Crippen molar-refractivity contribution in [3.8, 4) is 11.5 Å². The molecule has 0 aliphatic carbocycles. The van der Waals surface area contributed by atoms with Crippen molar-refractivity contribution in [1.29, 1.82) is 0 Å². The van der Waals surface area contributed by atoms with Gasteiger partial charge in [-0.1, -0.05) is 26.0 Å². The zero-order chi connectivity index (χ0) is 15.9. The van der Waals surface area contributed by atoms with Gasteiger partial charge in [-0.2, -0.15) is 0 Å². The van der Waals surface area contributed by atoms with Crippen molar-refractivity contribution in [3.63, 3.8) is 0 Å². The van der Waals surface area contributed by atoms with Gasteiger partial charge in [0.2, 0.25) is 5.91 Å². The molecule has 1 aliphatic rings. The molecule has 1 unspecified atom stereocenters. The van der Waals surface area contributed by atoms with Crippen LogP contribution in [0.2, 0.25) is 0 Å². The van der Waals surface area contributed by atoms with E-state index >= 15 is 0 Å². The highest BCUT2D eigenvalue weighted by molar-refractivity contribution is 5.76. The highest BCUT2D eigenvalue weighted by Gasteiger charge is 2.26. The van der Waals surface area contributed by atoms with Gasteiger partial charge >= 0.3 is 0 Å². The third kappa shape index (κ3) is 4.65. The Hall–Kier alpha value is -1.71. The van der Waals surface area contributed by atoms with E-state index in [9.17, 15) is 4.79 Å². The van der Waals surface area contributed by atoms with E-state index in [1.54, 1.807) is 7.11 Å². The molecule has 1 aromatic carbocycles. The van der Waals surface area contributed by atoms with Gasteiger partial charge in [0, 0.05) is 19.5 Å². The van der Waals surface area contributed by atoms with Crippen LogP contribution in [-0.4, -0.2) is 37.6 Å². The van der Waals surface area contributed by atoms with Crippen molar-refractivity contribution >= 4 is 5.91 Å². The van der Waals surface area contributed by atoms with Crippen LogP contribution in [0.5, 0.6) is 11.5 Å². The Morgan fingerprint density at radius 2 is 2.05 bits per heavy atom. The van der Waals surface area contributed by atoms with Crippen LogP contribution >= 0.6 is 0 Å². The number of carbonyl (C=O) groups excluding carboxylic acids is 1. The predicted octanol–water partition coefficient (Wildman–Crippen LogP) is 3.36. The minimum absolute atomic E-state index is 0.295. The Morgan fingerprint density at radius 1 is 1.32 bits per heavy atom. The second-order valence-electron chi connectivity index (χ2n) is 6.38. The van der Waals surface area contributed by atoms with Crippen LogP contribution in [0.15, 0.2) is 24.3 Å². The van der Waals surface area contributed by atoms with E-state index < -0.39 is 0 Å². The third-order valence-electron chi connectivity index (χ3n) is 4.07. The summed E-state index contributed by atoms with van der Waals surface area (Å²) in [4.78, 5) is 14.1. The third-order valence-corrected chi connectivity index (χ3v) is 4.07. The number of carbonyl (C=O) groups is 1. The van der Waals surface area contributed by atoms with Gasteiger partial charge < -0.3 is 14.4 Å². The standard InChI is InChI=1S/C18H27NO3/c1-14(2)12-18(20)19-10-8-15(13-19)9-11-22-17-7-5-4-6-16(17)21-3/h4-7,14-15H,8-13H2,1-3H3. The summed E-state index contributed by atoms with van der Waals surface area (Å²) in [6.45, 7) is 6.61. The summed E-state index contributed by atoms with van der Waals surface area (Å²) < 4.78 is 11.1. The Morgan fingerprint density at radius 3 is 2.73 bits per heavy atom. The Labute approximate surface area is 133 Å². The molecule has 1 aliphatic heterocycles. The molecule has 22 heavy (non-hydrogen) atoms. The van der Waals surface area contributed by atoms with Gasteiger partial charge in [-0.25, -0.2) is 0 Å². The van der Waals surface area contributed by atoms with E-state index in [4.69, 9.17) is 9.47 Å². The second-order valence-corrected chi connectivity index (χ2v) is 6.38. The number of para-hydroxylation sites is 2. The number of nitrogens with zero attached hydrogens (tertiary/aromatic N) is 1. The van der Waals surface area contributed by atoms with Gasteiger partial charge in [0.25, 0.3) is 0 Å². The largest absolute Gasteiger partial charge is 0.493 e. The van der Waals surface area contributed by atoms with Crippen molar-refractivity contribution in [2.75, 3.05) is 26.8 Å². The molecular formula is C18H27NO3. The monoisotopic (exact) mass is 305 g/mol. The van der Waals surface area contributed by atoms with Gasteiger partial charge in [-0.05, 0) is 36.8 Å². The molecule has 1 atom stereocenters.